The van der Waals surface area contributed by atoms with Gasteiger partial charge in [-0.2, -0.15) is 0 Å². The van der Waals surface area contributed by atoms with E-state index in [-0.39, 0.29) is 46.6 Å². The maximum absolute atomic E-state index is 17.0. The molecule has 8 aliphatic heterocycles. The second-order valence-electron chi connectivity index (χ2n) is 29.8. The predicted molar refractivity (Wildman–Crippen MR) is 282 cm³/mol. The zero-order valence-electron chi connectivity index (χ0n) is 44.6. The van der Waals surface area contributed by atoms with Gasteiger partial charge in [0.1, 0.15) is 11.2 Å². The van der Waals surface area contributed by atoms with Crippen molar-refractivity contribution in [3.63, 3.8) is 0 Å². The largest absolute Gasteiger partial charge is 0.508 e. The number of piperidine rings is 3. The Morgan fingerprint density at radius 3 is 2.59 bits per heavy atom. The number of hydrogen-bond donors (Lipinski definition) is 2. The number of carbonyl (C=O) groups excluding carboxylic acids is 2. The summed E-state index contributed by atoms with van der Waals surface area (Å²) in [6, 6.07) is 7.88. The maximum Gasteiger partial charge on any atom is 0.339 e. The number of aryl methyl sites for hydroxylation is 1. The number of allylic oxidation sites excluding steroid dienone is 4. The van der Waals surface area contributed by atoms with Crippen LogP contribution in [-0.4, -0.2) is 64.6 Å². The van der Waals surface area contributed by atoms with E-state index in [1.807, 2.05) is 0 Å². The molecule has 18 aliphatic rings. The number of carbonyl (C=O) groups is 2. The first-order chi connectivity index (χ1) is 36.1. The van der Waals surface area contributed by atoms with Gasteiger partial charge in [-0.25, -0.2) is 4.79 Å². The molecule has 6 spiro atoms. The van der Waals surface area contributed by atoms with Gasteiger partial charge in [-0.15, -0.1) is 0 Å². The van der Waals surface area contributed by atoms with Gasteiger partial charge >= 0.3 is 11.9 Å². The summed E-state index contributed by atoms with van der Waals surface area (Å²) in [4.78, 5) is 38.8. The van der Waals surface area contributed by atoms with Crippen LogP contribution in [0.2, 0.25) is 0 Å². The van der Waals surface area contributed by atoms with E-state index in [4.69, 9.17) is 15.2 Å². The van der Waals surface area contributed by atoms with Crippen LogP contribution >= 0.6 is 0 Å². The molecule has 0 radical (unpaired) electrons. The van der Waals surface area contributed by atoms with Crippen LogP contribution < -0.4 is 5.73 Å². The lowest BCUT2D eigenvalue weighted by Gasteiger charge is -2.74. The Kier molecular flexibility index (Phi) is 8.83. The third-order valence-corrected chi connectivity index (χ3v) is 27.9. The van der Waals surface area contributed by atoms with Crippen molar-refractivity contribution in [2.45, 2.75) is 204 Å². The number of nitrogens with two attached hydrogens (primary N) is 1. The molecule has 8 heterocycles. The predicted octanol–water partition coefficient (Wildman–Crippen LogP) is 12.5. The molecule has 8 heteroatoms. The first kappa shape index (κ1) is 44.6. The summed E-state index contributed by atoms with van der Waals surface area (Å²) in [5.74, 6) is 3.92. The number of rotatable bonds is 4. The number of aliphatic hydroxyl groups is 1. The number of aliphatic hydroxyl groups excluding tert-OH is 1. The van der Waals surface area contributed by atoms with Crippen molar-refractivity contribution in [3.8, 4) is 0 Å². The SMILES string of the molecule is C[C@@H]1CC2=C3[C@H]4C5=C6[C@@H]7C[C@@]41CCC7=C[C@@H](C1CCCCC1)C[C@H]1[C@]64C(=O)O/C(=C(/O)[C@@H]6C[C@H]7CC[C@@]8(CCC9(CCCC9)C8)[C@@H]6N6C[C@@H]8C[C@@H](CN3[C@@H]8CC2)[C@@H]76)[C@@]4(CC5)[C@]12OC(=O)c1c(CCCN)cccc12. The molecular formula is C66H83N3O5. The highest BCUT2D eigenvalue weighted by Gasteiger charge is 2.94. The van der Waals surface area contributed by atoms with Crippen molar-refractivity contribution >= 4 is 11.9 Å². The van der Waals surface area contributed by atoms with Gasteiger partial charge in [-0.1, -0.05) is 80.0 Å². The van der Waals surface area contributed by atoms with Crippen molar-refractivity contribution in [3.05, 3.63) is 80.5 Å². The Morgan fingerprint density at radius 1 is 0.851 bits per heavy atom. The Morgan fingerprint density at radius 2 is 1.73 bits per heavy atom. The number of fused-ring (bicyclic) bond motifs is 7. The Balaban J connectivity index is 0.953. The second kappa shape index (κ2) is 14.7. The van der Waals surface area contributed by atoms with Crippen LogP contribution in [0.15, 0.2) is 63.8 Å². The van der Waals surface area contributed by atoms with Gasteiger partial charge in [0.25, 0.3) is 0 Å². The molecule has 19 rings (SSSR count). The van der Waals surface area contributed by atoms with E-state index in [0.717, 1.165) is 68.2 Å². The first-order valence-corrected chi connectivity index (χ1v) is 31.5. The average Bonchev–Trinajstić information content (AvgIpc) is 3.94. The quantitative estimate of drug-likeness (QED) is 0.227. The van der Waals surface area contributed by atoms with Crippen molar-refractivity contribution in [2.24, 2.45) is 92.0 Å². The summed E-state index contributed by atoms with van der Waals surface area (Å²) in [6.45, 7) is 5.56. The lowest BCUT2D eigenvalue weighted by atomic mass is 9.26. The zero-order chi connectivity index (χ0) is 49.0. The van der Waals surface area contributed by atoms with E-state index in [9.17, 15) is 5.11 Å². The summed E-state index contributed by atoms with van der Waals surface area (Å²) >= 11 is 0. The van der Waals surface area contributed by atoms with Crippen LogP contribution in [0.3, 0.4) is 0 Å². The monoisotopic (exact) mass is 998 g/mol. The van der Waals surface area contributed by atoms with Gasteiger partial charge in [0.05, 0.1) is 11.0 Å². The first-order valence-electron chi connectivity index (χ1n) is 31.5. The van der Waals surface area contributed by atoms with E-state index >= 15 is 9.59 Å². The molecule has 11 bridgehead atoms. The van der Waals surface area contributed by atoms with E-state index in [0.29, 0.717) is 83.4 Å². The number of hydrogen-bond acceptors (Lipinski definition) is 8. The summed E-state index contributed by atoms with van der Waals surface area (Å²) in [5, 5.41) is 14.5. The van der Waals surface area contributed by atoms with Crippen LogP contribution in [0, 0.1) is 86.3 Å². The molecule has 392 valence electrons. The molecule has 5 saturated heterocycles. The molecule has 10 aliphatic carbocycles. The minimum absolute atomic E-state index is 0.0988. The highest BCUT2D eigenvalue weighted by Crippen LogP contribution is 2.90. The van der Waals surface area contributed by atoms with Gasteiger partial charge < -0.3 is 25.2 Å². The molecule has 1 aromatic rings. The zero-order valence-corrected chi connectivity index (χ0v) is 44.6. The number of esters is 2. The minimum Gasteiger partial charge on any atom is -0.508 e. The summed E-state index contributed by atoms with van der Waals surface area (Å²) in [5.41, 5.74) is 14.7. The summed E-state index contributed by atoms with van der Waals surface area (Å²) in [7, 11) is 0. The second-order valence-corrected chi connectivity index (χ2v) is 29.8. The van der Waals surface area contributed by atoms with Crippen LogP contribution in [0.25, 0.3) is 0 Å². The van der Waals surface area contributed by atoms with Crippen molar-refractivity contribution in [1.29, 1.82) is 0 Å². The molecule has 1 aromatic carbocycles. The van der Waals surface area contributed by atoms with Crippen LogP contribution in [0.5, 0.6) is 0 Å². The van der Waals surface area contributed by atoms with Gasteiger partial charge in [-0.05, 0) is 211 Å². The average molecular weight is 998 g/mol. The minimum atomic E-state index is -1.13. The molecule has 3 N–H and O–H groups in total. The fourth-order valence-corrected chi connectivity index (χ4v) is 25.8. The van der Waals surface area contributed by atoms with Gasteiger partial charge in [0.2, 0.25) is 0 Å². The molecule has 8 nitrogen and oxygen atoms in total. The third-order valence-electron chi connectivity index (χ3n) is 27.9. The van der Waals surface area contributed by atoms with Gasteiger partial charge in [0, 0.05) is 66.1 Å². The molecular weight excluding hydrogens is 915 g/mol. The lowest BCUT2D eigenvalue weighted by molar-refractivity contribution is -0.284. The Hall–Kier alpha value is -3.36. The van der Waals surface area contributed by atoms with E-state index in [1.54, 1.807) is 22.4 Å². The third kappa shape index (κ3) is 4.88. The van der Waals surface area contributed by atoms with Crippen LogP contribution in [0.4, 0.5) is 0 Å². The molecule has 11 fully saturated rings. The van der Waals surface area contributed by atoms with E-state index < -0.39 is 16.4 Å². The van der Waals surface area contributed by atoms with Crippen molar-refractivity contribution in [2.75, 3.05) is 19.6 Å². The Labute approximate surface area is 440 Å². The highest BCUT2D eigenvalue weighted by atomic mass is 16.6. The summed E-state index contributed by atoms with van der Waals surface area (Å²) in [6.07, 6.45) is 34.5. The molecule has 0 aromatic heterocycles. The van der Waals surface area contributed by atoms with Crippen LogP contribution in [0.1, 0.15) is 195 Å². The smallest absolute Gasteiger partial charge is 0.339 e. The fraction of sp³-hybridized carbons (Fsp3) is 0.758. The van der Waals surface area contributed by atoms with Gasteiger partial charge in [-0.3, -0.25) is 9.69 Å². The van der Waals surface area contributed by atoms with Crippen LogP contribution in [-0.2, 0) is 26.3 Å². The Bertz CT molecular complexity index is 2860. The topological polar surface area (TPSA) is 105 Å². The molecule has 17 atom stereocenters. The van der Waals surface area contributed by atoms with Crippen molar-refractivity contribution in [1.82, 2.24) is 9.80 Å². The molecule has 74 heavy (non-hydrogen) atoms. The van der Waals surface area contributed by atoms with E-state index in [1.165, 1.54) is 134 Å². The summed E-state index contributed by atoms with van der Waals surface area (Å²) < 4.78 is 15.1. The fourth-order valence-electron chi connectivity index (χ4n) is 25.8. The lowest BCUT2D eigenvalue weighted by Crippen LogP contribution is -2.78. The number of nitrogens with zero attached hydrogens (tertiary/aromatic N) is 2. The van der Waals surface area contributed by atoms with E-state index in [2.05, 4.69) is 41.0 Å². The molecule has 6 saturated carbocycles. The number of ether oxygens (including phenoxy) is 2. The van der Waals surface area contributed by atoms with Gasteiger partial charge in [0.15, 0.2) is 11.4 Å². The standard InChI is InChI=1S/C66H83N3O5/c1-36-27-40-14-15-49-43-29-44-34-68(49)55(40)53-45-18-23-64-58(56(70)46-30-41-16-21-62(57(46)69(33-43)54(41)44)25-24-61(35-62)19-5-6-20-61)73-60(72)65(64)50(66(64)48-13-7-11-38(12-8-26-67)51(48)59(71)74-66)31-42(37-9-3-2-4-10-37)28-39-17-22-63(36,53)32-47(39)52(45)65/h7,11,13,28,36-37,41-44,46-47,49-50,53-54,57,70H,2-6,8-10,12,14-27,29-35,67H2,1H3/b39-28?,58-56+/t36-,41-,42-,43+,44+,46+,47-,49-,50+,53-,54-,57-,62+,63-,64-,65-,66-/m1/s1. The maximum atomic E-state index is 17.0. The number of benzene rings is 1. The van der Waals surface area contributed by atoms with Crippen molar-refractivity contribution < 1.29 is 24.2 Å². The normalized spacial score (nSPS) is 50.2. The molecule has 0 unspecified atom stereocenters. The highest BCUT2D eigenvalue weighted by molar-refractivity contribution is 6.00. The molecule has 0 amide bonds.